The Morgan fingerprint density at radius 3 is 2.47 bits per heavy atom. The van der Waals surface area contributed by atoms with Crippen molar-refractivity contribution in [2.75, 3.05) is 13.1 Å². The van der Waals surface area contributed by atoms with Gasteiger partial charge >= 0.3 is 0 Å². The summed E-state index contributed by atoms with van der Waals surface area (Å²) < 4.78 is 0. The maximum Gasteiger partial charge on any atom is 0.140 e. The number of carbonyl (C=O) groups is 1. The first-order chi connectivity index (χ1) is 9.20. The van der Waals surface area contributed by atoms with Gasteiger partial charge in [0.1, 0.15) is 5.78 Å². The zero-order valence-corrected chi connectivity index (χ0v) is 12.2. The Balaban J connectivity index is 2.05. The van der Waals surface area contributed by atoms with Gasteiger partial charge in [-0.3, -0.25) is 9.69 Å². The van der Waals surface area contributed by atoms with Gasteiger partial charge in [0, 0.05) is 18.9 Å². The van der Waals surface area contributed by atoms with Gasteiger partial charge in [-0.2, -0.15) is 0 Å². The van der Waals surface area contributed by atoms with Crippen LogP contribution in [0.2, 0.25) is 0 Å². The molecule has 1 aromatic rings. The molecular weight excluding hydrogens is 234 g/mol. The van der Waals surface area contributed by atoms with E-state index >= 15 is 0 Å². The number of likely N-dealkylation sites (tertiary alicyclic amines) is 1. The second-order valence-corrected chi connectivity index (χ2v) is 5.70. The highest BCUT2D eigenvalue weighted by Gasteiger charge is 2.16. The van der Waals surface area contributed by atoms with Gasteiger partial charge in [0.15, 0.2) is 0 Å². The molecular formula is C17H25NO. The van der Waals surface area contributed by atoms with Gasteiger partial charge in [-0.25, -0.2) is 0 Å². The largest absolute Gasteiger partial charge is 0.299 e. The van der Waals surface area contributed by atoms with E-state index in [1.165, 1.54) is 37.1 Å². The highest BCUT2D eigenvalue weighted by Crippen LogP contribution is 2.18. The molecule has 0 saturated carbocycles. The molecule has 104 valence electrons. The third-order valence-electron chi connectivity index (χ3n) is 4.24. The molecule has 0 N–H and O–H groups in total. The zero-order chi connectivity index (χ0) is 13.7. The summed E-state index contributed by atoms with van der Waals surface area (Å²) in [4.78, 5) is 14.6. The van der Waals surface area contributed by atoms with Gasteiger partial charge in [0.25, 0.3) is 0 Å². The first-order valence-corrected chi connectivity index (χ1v) is 7.52. The van der Waals surface area contributed by atoms with Crippen molar-refractivity contribution in [2.45, 2.75) is 46.1 Å². The van der Waals surface area contributed by atoms with Crippen LogP contribution in [0.25, 0.3) is 0 Å². The molecule has 1 heterocycles. The Kier molecular flexibility index (Phi) is 5.15. The van der Waals surface area contributed by atoms with E-state index in [9.17, 15) is 4.79 Å². The lowest BCUT2D eigenvalue weighted by molar-refractivity contribution is -0.121. The van der Waals surface area contributed by atoms with Gasteiger partial charge < -0.3 is 0 Å². The summed E-state index contributed by atoms with van der Waals surface area (Å²) >= 11 is 0. The van der Waals surface area contributed by atoms with Crippen molar-refractivity contribution in [1.82, 2.24) is 4.90 Å². The first-order valence-electron chi connectivity index (χ1n) is 7.52. The molecule has 1 aromatic carbocycles. The highest BCUT2D eigenvalue weighted by atomic mass is 16.1. The molecule has 0 amide bonds. The van der Waals surface area contributed by atoms with E-state index in [0.29, 0.717) is 12.2 Å². The molecule has 1 fully saturated rings. The second kappa shape index (κ2) is 6.85. The molecule has 2 nitrogen and oxygen atoms in total. The summed E-state index contributed by atoms with van der Waals surface area (Å²) in [6, 6.07) is 8.43. The molecule has 19 heavy (non-hydrogen) atoms. The number of hydrogen-bond acceptors (Lipinski definition) is 2. The van der Waals surface area contributed by atoms with E-state index in [1.807, 2.05) is 13.0 Å². The van der Waals surface area contributed by atoms with E-state index in [0.717, 1.165) is 13.0 Å². The number of nitrogens with zero attached hydrogens (tertiary/aromatic N) is 1. The van der Waals surface area contributed by atoms with Crippen molar-refractivity contribution in [3.63, 3.8) is 0 Å². The predicted octanol–water partition coefficient (Wildman–Crippen LogP) is 3.44. The van der Waals surface area contributed by atoms with Crippen LogP contribution >= 0.6 is 0 Å². The van der Waals surface area contributed by atoms with Crippen LogP contribution < -0.4 is 0 Å². The van der Waals surface area contributed by atoms with Gasteiger partial charge in [-0.1, -0.05) is 38.1 Å². The van der Waals surface area contributed by atoms with Crippen LogP contribution in [0.4, 0.5) is 0 Å². The monoisotopic (exact) mass is 259 g/mol. The predicted molar refractivity (Wildman–Crippen MR) is 79.1 cm³/mol. The molecule has 0 aromatic heterocycles. The van der Waals surface area contributed by atoms with E-state index in [-0.39, 0.29) is 5.92 Å². The number of benzene rings is 1. The van der Waals surface area contributed by atoms with Crippen LogP contribution in [0.5, 0.6) is 0 Å². The van der Waals surface area contributed by atoms with E-state index in [2.05, 4.69) is 30.0 Å². The van der Waals surface area contributed by atoms with Gasteiger partial charge in [0.05, 0.1) is 0 Å². The smallest absolute Gasteiger partial charge is 0.140 e. The van der Waals surface area contributed by atoms with Crippen molar-refractivity contribution in [3.8, 4) is 0 Å². The SMILES string of the molecule is CCC(C)C(=O)Cc1ccccc1CN1CCCC1. The van der Waals surface area contributed by atoms with Gasteiger partial charge in [0.2, 0.25) is 0 Å². The first kappa shape index (κ1) is 14.3. The Hall–Kier alpha value is -1.15. The van der Waals surface area contributed by atoms with Crippen molar-refractivity contribution >= 4 is 5.78 Å². The third-order valence-corrected chi connectivity index (χ3v) is 4.24. The molecule has 0 radical (unpaired) electrons. The van der Waals surface area contributed by atoms with E-state index in [1.54, 1.807) is 0 Å². The molecule has 2 rings (SSSR count). The van der Waals surface area contributed by atoms with Gasteiger partial charge in [-0.15, -0.1) is 0 Å². The van der Waals surface area contributed by atoms with Crippen LogP contribution in [0.15, 0.2) is 24.3 Å². The summed E-state index contributed by atoms with van der Waals surface area (Å²) in [5, 5.41) is 0. The Morgan fingerprint density at radius 1 is 1.21 bits per heavy atom. The molecule has 0 spiro atoms. The second-order valence-electron chi connectivity index (χ2n) is 5.70. The number of carbonyl (C=O) groups excluding carboxylic acids is 1. The Morgan fingerprint density at radius 2 is 1.84 bits per heavy atom. The Labute approximate surface area is 116 Å². The van der Waals surface area contributed by atoms with Gasteiger partial charge in [-0.05, 0) is 43.5 Å². The zero-order valence-electron chi connectivity index (χ0n) is 12.2. The lowest BCUT2D eigenvalue weighted by Crippen LogP contribution is -2.20. The fraction of sp³-hybridized carbons (Fsp3) is 0.588. The molecule has 1 unspecified atom stereocenters. The number of hydrogen-bond donors (Lipinski definition) is 0. The Bertz CT molecular complexity index is 421. The summed E-state index contributed by atoms with van der Waals surface area (Å²) in [6.07, 6.45) is 4.16. The summed E-state index contributed by atoms with van der Waals surface area (Å²) in [5.41, 5.74) is 2.56. The summed E-state index contributed by atoms with van der Waals surface area (Å²) in [5.74, 6) is 0.552. The minimum Gasteiger partial charge on any atom is -0.299 e. The molecule has 1 aliphatic rings. The summed E-state index contributed by atoms with van der Waals surface area (Å²) in [7, 11) is 0. The maximum atomic E-state index is 12.1. The fourth-order valence-electron chi connectivity index (χ4n) is 2.66. The third kappa shape index (κ3) is 3.90. The minimum absolute atomic E-state index is 0.180. The molecule has 0 bridgehead atoms. The fourth-order valence-corrected chi connectivity index (χ4v) is 2.66. The number of ketones is 1. The average Bonchev–Trinajstić information content (AvgIpc) is 2.93. The molecule has 1 saturated heterocycles. The number of Topliss-reactive ketones (excluding diaryl/α,β-unsaturated/α-hetero) is 1. The van der Waals surface area contributed by atoms with Crippen LogP contribution in [0.3, 0.4) is 0 Å². The van der Waals surface area contributed by atoms with Crippen LogP contribution in [0.1, 0.15) is 44.2 Å². The maximum absolute atomic E-state index is 12.1. The minimum atomic E-state index is 0.180. The average molecular weight is 259 g/mol. The van der Waals surface area contributed by atoms with Crippen molar-refractivity contribution in [1.29, 1.82) is 0 Å². The standard InChI is InChI=1S/C17H25NO/c1-3-14(2)17(19)12-15-8-4-5-9-16(15)13-18-10-6-7-11-18/h4-5,8-9,14H,3,6-7,10-13H2,1-2H3. The topological polar surface area (TPSA) is 20.3 Å². The van der Waals surface area contributed by atoms with Crippen molar-refractivity contribution in [3.05, 3.63) is 35.4 Å². The van der Waals surface area contributed by atoms with E-state index < -0.39 is 0 Å². The molecule has 1 aliphatic heterocycles. The quantitative estimate of drug-likeness (QED) is 0.780. The van der Waals surface area contributed by atoms with Crippen LogP contribution in [0, 0.1) is 5.92 Å². The molecule has 1 atom stereocenters. The molecule has 2 heteroatoms. The van der Waals surface area contributed by atoms with Crippen molar-refractivity contribution < 1.29 is 4.79 Å². The van der Waals surface area contributed by atoms with Crippen LogP contribution in [-0.2, 0) is 17.8 Å². The van der Waals surface area contributed by atoms with Crippen LogP contribution in [-0.4, -0.2) is 23.8 Å². The molecule has 0 aliphatic carbocycles. The lowest BCUT2D eigenvalue weighted by atomic mass is 9.94. The van der Waals surface area contributed by atoms with E-state index in [4.69, 9.17) is 0 Å². The normalized spacial score (nSPS) is 17.6. The highest BCUT2D eigenvalue weighted by molar-refractivity contribution is 5.83. The lowest BCUT2D eigenvalue weighted by Gasteiger charge is -2.18. The van der Waals surface area contributed by atoms with Crippen molar-refractivity contribution in [2.24, 2.45) is 5.92 Å². The number of rotatable bonds is 6. The summed E-state index contributed by atoms with van der Waals surface area (Å²) in [6.45, 7) is 7.52.